The minimum atomic E-state index is -0.317. The van der Waals surface area contributed by atoms with Crippen LogP contribution in [0.15, 0.2) is 54.9 Å². The van der Waals surface area contributed by atoms with Crippen LogP contribution in [-0.2, 0) is 6.54 Å². The minimum absolute atomic E-state index is 0.128. The molecule has 2 N–H and O–H groups in total. The van der Waals surface area contributed by atoms with Crippen molar-refractivity contribution in [2.75, 3.05) is 6.54 Å². The van der Waals surface area contributed by atoms with Crippen LogP contribution in [0, 0.1) is 0 Å². The van der Waals surface area contributed by atoms with Gasteiger partial charge in [-0.2, -0.15) is 0 Å². The van der Waals surface area contributed by atoms with Crippen molar-refractivity contribution in [1.29, 1.82) is 0 Å². The normalized spacial score (nSPS) is 13.9. The highest BCUT2D eigenvalue weighted by Gasteiger charge is 2.18. The van der Waals surface area contributed by atoms with Crippen molar-refractivity contribution in [3.8, 4) is 0 Å². The van der Waals surface area contributed by atoms with Gasteiger partial charge < -0.3 is 10.4 Å². The summed E-state index contributed by atoms with van der Waals surface area (Å²) in [6, 6.07) is 14.2. The lowest BCUT2D eigenvalue weighted by Crippen LogP contribution is -2.29. The Hall–Kier alpha value is -1.71. The Balaban J connectivity index is 1.95. The number of pyridine rings is 1. The maximum Gasteiger partial charge on any atom is 0.0618 e. The van der Waals surface area contributed by atoms with Crippen LogP contribution in [0.1, 0.15) is 30.4 Å². The molecule has 2 atom stereocenters. The molecule has 0 fully saturated rings. The summed E-state index contributed by atoms with van der Waals surface area (Å²) in [6.45, 7) is 3.58. The third kappa shape index (κ3) is 4.15. The zero-order chi connectivity index (χ0) is 14.2. The van der Waals surface area contributed by atoms with E-state index in [9.17, 15) is 5.11 Å². The van der Waals surface area contributed by atoms with Crippen LogP contribution in [0.2, 0.25) is 0 Å². The molecule has 2 rings (SSSR count). The predicted octanol–water partition coefficient (Wildman–Crippen LogP) is 2.73. The second-order valence-corrected chi connectivity index (χ2v) is 4.98. The van der Waals surface area contributed by atoms with Gasteiger partial charge >= 0.3 is 0 Å². The zero-order valence-electron chi connectivity index (χ0n) is 11.9. The summed E-state index contributed by atoms with van der Waals surface area (Å²) in [7, 11) is 0. The van der Waals surface area contributed by atoms with E-state index in [0.29, 0.717) is 0 Å². The third-order valence-electron chi connectivity index (χ3n) is 3.55. The van der Waals surface area contributed by atoms with Crippen molar-refractivity contribution in [3.05, 3.63) is 66.0 Å². The Kier molecular flexibility index (Phi) is 5.71. The van der Waals surface area contributed by atoms with Crippen molar-refractivity contribution >= 4 is 0 Å². The number of aliphatic hydroxyl groups is 1. The molecule has 1 aromatic carbocycles. The standard InChI is InChI=1S/C17H22N2O/c1-2-17(20)16(15-6-4-3-5-7-15)13-19-12-14-8-10-18-11-9-14/h3-11,16-17,19-20H,2,12-13H2,1H3. The summed E-state index contributed by atoms with van der Waals surface area (Å²) in [5.41, 5.74) is 2.39. The van der Waals surface area contributed by atoms with Crippen molar-refractivity contribution in [2.45, 2.75) is 31.9 Å². The molecule has 20 heavy (non-hydrogen) atoms. The van der Waals surface area contributed by atoms with Crippen LogP contribution in [0.25, 0.3) is 0 Å². The van der Waals surface area contributed by atoms with E-state index in [4.69, 9.17) is 0 Å². The highest BCUT2D eigenvalue weighted by molar-refractivity contribution is 5.21. The first-order valence-corrected chi connectivity index (χ1v) is 7.14. The number of rotatable bonds is 7. The van der Waals surface area contributed by atoms with Crippen LogP contribution in [0.4, 0.5) is 0 Å². The highest BCUT2D eigenvalue weighted by atomic mass is 16.3. The fourth-order valence-electron chi connectivity index (χ4n) is 2.33. The molecule has 0 aliphatic carbocycles. The summed E-state index contributed by atoms with van der Waals surface area (Å²) < 4.78 is 0. The number of nitrogens with zero attached hydrogens (tertiary/aromatic N) is 1. The molecular weight excluding hydrogens is 248 g/mol. The van der Waals surface area contributed by atoms with E-state index in [1.54, 1.807) is 12.4 Å². The maximum absolute atomic E-state index is 10.2. The number of benzene rings is 1. The Morgan fingerprint density at radius 3 is 2.45 bits per heavy atom. The van der Waals surface area contributed by atoms with Gasteiger partial charge in [0.25, 0.3) is 0 Å². The van der Waals surface area contributed by atoms with Crippen molar-refractivity contribution in [2.24, 2.45) is 0 Å². The summed E-state index contributed by atoms with van der Waals surface area (Å²) in [6.07, 6.45) is 4.04. The number of hydrogen-bond acceptors (Lipinski definition) is 3. The van der Waals surface area contributed by atoms with E-state index in [1.807, 2.05) is 37.3 Å². The predicted molar refractivity (Wildman–Crippen MR) is 81.4 cm³/mol. The van der Waals surface area contributed by atoms with Gasteiger partial charge in [-0.15, -0.1) is 0 Å². The van der Waals surface area contributed by atoms with Crippen LogP contribution >= 0.6 is 0 Å². The number of nitrogens with one attached hydrogen (secondary N) is 1. The topological polar surface area (TPSA) is 45.1 Å². The second-order valence-electron chi connectivity index (χ2n) is 4.98. The molecule has 3 nitrogen and oxygen atoms in total. The quantitative estimate of drug-likeness (QED) is 0.813. The number of aliphatic hydroxyl groups excluding tert-OH is 1. The molecule has 1 heterocycles. The van der Waals surface area contributed by atoms with E-state index >= 15 is 0 Å². The monoisotopic (exact) mass is 270 g/mol. The molecule has 1 aromatic heterocycles. The van der Waals surface area contributed by atoms with Gasteiger partial charge in [-0.05, 0) is 29.7 Å². The van der Waals surface area contributed by atoms with Gasteiger partial charge in [-0.3, -0.25) is 4.98 Å². The first-order valence-electron chi connectivity index (χ1n) is 7.14. The maximum atomic E-state index is 10.2. The van der Waals surface area contributed by atoms with Crippen LogP contribution in [0.5, 0.6) is 0 Å². The lowest BCUT2D eigenvalue weighted by Gasteiger charge is -2.23. The highest BCUT2D eigenvalue weighted by Crippen LogP contribution is 2.21. The van der Waals surface area contributed by atoms with Gasteiger partial charge in [0.15, 0.2) is 0 Å². The van der Waals surface area contributed by atoms with Crippen molar-refractivity contribution in [3.63, 3.8) is 0 Å². The van der Waals surface area contributed by atoms with Crippen LogP contribution in [0.3, 0.4) is 0 Å². The Morgan fingerprint density at radius 2 is 1.80 bits per heavy atom. The van der Waals surface area contributed by atoms with Crippen molar-refractivity contribution in [1.82, 2.24) is 10.3 Å². The Labute approximate surface area is 120 Å². The Morgan fingerprint density at radius 1 is 1.10 bits per heavy atom. The molecule has 2 aromatic rings. The number of hydrogen-bond donors (Lipinski definition) is 2. The van der Waals surface area contributed by atoms with E-state index in [2.05, 4.69) is 22.4 Å². The van der Waals surface area contributed by atoms with Gasteiger partial charge in [0.05, 0.1) is 6.10 Å². The second kappa shape index (κ2) is 7.78. The van der Waals surface area contributed by atoms with Gasteiger partial charge in [0.1, 0.15) is 0 Å². The van der Waals surface area contributed by atoms with E-state index in [1.165, 1.54) is 11.1 Å². The fourth-order valence-corrected chi connectivity index (χ4v) is 2.33. The largest absolute Gasteiger partial charge is 0.392 e. The molecule has 3 heteroatoms. The average Bonchev–Trinajstić information content (AvgIpc) is 2.53. The molecular formula is C17H22N2O. The van der Waals surface area contributed by atoms with Gasteiger partial charge in [-0.1, -0.05) is 37.3 Å². The summed E-state index contributed by atoms with van der Waals surface area (Å²) >= 11 is 0. The Bertz CT molecular complexity index is 487. The molecule has 2 unspecified atom stereocenters. The van der Waals surface area contributed by atoms with Gasteiger partial charge in [-0.25, -0.2) is 0 Å². The molecule has 0 bridgehead atoms. The van der Waals surface area contributed by atoms with Gasteiger partial charge in [0.2, 0.25) is 0 Å². The smallest absolute Gasteiger partial charge is 0.0618 e. The van der Waals surface area contributed by atoms with E-state index in [-0.39, 0.29) is 12.0 Å². The van der Waals surface area contributed by atoms with Gasteiger partial charge in [0, 0.05) is 31.4 Å². The lowest BCUT2D eigenvalue weighted by molar-refractivity contribution is 0.137. The lowest BCUT2D eigenvalue weighted by atomic mass is 9.92. The molecule has 0 aliphatic rings. The molecule has 0 amide bonds. The minimum Gasteiger partial charge on any atom is -0.392 e. The SMILES string of the molecule is CCC(O)C(CNCc1ccncc1)c1ccccc1. The van der Waals surface area contributed by atoms with Crippen molar-refractivity contribution < 1.29 is 5.11 Å². The van der Waals surface area contributed by atoms with E-state index < -0.39 is 0 Å². The molecule has 0 spiro atoms. The fraction of sp³-hybridized carbons (Fsp3) is 0.353. The molecule has 0 radical (unpaired) electrons. The molecule has 0 saturated heterocycles. The first-order chi connectivity index (χ1) is 9.81. The van der Waals surface area contributed by atoms with Crippen LogP contribution in [-0.4, -0.2) is 22.7 Å². The third-order valence-corrected chi connectivity index (χ3v) is 3.55. The first kappa shape index (κ1) is 14.7. The molecule has 0 saturated carbocycles. The van der Waals surface area contributed by atoms with E-state index in [0.717, 1.165) is 19.5 Å². The average molecular weight is 270 g/mol. The summed E-state index contributed by atoms with van der Waals surface area (Å²) in [5.74, 6) is 0.128. The number of aromatic nitrogens is 1. The molecule has 106 valence electrons. The zero-order valence-corrected chi connectivity index (χ0v) is 11.9. The summed E-state index contributed by atoms with van der Waals surface area (Å²) in [5, 5.41) is 13.6. The van der Waals surface area contributed by atoms with Crippen LogP contribution < -0.4 is 5.32 Å². The molecule has 0 aliphatic heterocycles. The summed E-state index contributed by atoms with van der Waals surface area (Å²) in [4.78, 5) is 4.01.